The zero-order valence-corrected chi connectivity index (χ0v) is 17.5. The second-order valence-electron chi connectivity index (χ2n) is 7.45. The van der Waals surface area contributed by atoms with Crippen molar-refractivity contribution >= 4 is 31.3 Å². The third-order valence-corrected chi connectivity index (χ3v) is 12.1. The molecule has 0 aliphatic rings. The van der Waals surface area contributed by atoms with Crippen LogP contribution in [0.4, 0.5) is 4.79 Å². The first kappa shape index (κ1) is 20.6. The fraction of sp³-hybridized carbons (Fsp3) is 0.769. The molecule has 0 bridgehead atoms. The van der Waals surface area contributed by atoms with Gasteiger partial charge in [-0.25, -0.2) is 4.79 Å². The molecule has 2 N–H and O–H groups in total. The van der Waals surface area contributed by atoms with Gasteiger partial charge in [0.05, 0.1) is 0 Å². The minimum Gasteiger partial charge on any atom is -0.465 e. The van der Waals surface area contributed by atoms with E-state index in [2.05, 4.69) is 57.7 Å². The van der Waals surface area contributed by atoms with Gasteiger partial charge < -0.3 is 13.3 Å². The number of hydrogen-bond donors (Lipinski definition) is 2. The molecule has 0 aromatic carbocycles. The number of carbonyl (C=O) groups is 1. The van der Waals surface area contributed by atoms with Crippen LogP contribution in [0.1, 0.15) is 12.8 Å². The zero-order chi connectivity index (χ0) is 16.9. The van der Waals surface area contributed by atoms with E-state index in [0.717, 1.165) is 12.5 Å². The normalized spacial score (nSPS) is 13.1. The third kappa shape index (κ3) is 11.9. The second-order valence-corrected chi connectivity index (χ2v) is 20.3. The summed E-state index contributed by atoms with van der Waals surface area (Å²) in [5.74, 6) is 0. The lowest BCUT2D eigenvalue weighted by Gasteiger charge is -2.38. The van der Waals surface area contributed by atoms with Crippen LogP contribution in [0, 0.1) is 0 Å². The summed E-state index contributed by atoms with van der Waals surface area (Å²) >= 11 is 0. The van der Waals surface area contributed by atoms with E-state index in [1.807, 2.05) is 0 Å². The van der Waals surface area contributed by atoms with Crippen molar-refractivity contribution in [1.82, 2.24) is 5.32 Å². The van der Waals surface area contributed by atoms with Crippen molar-refractivity contribution in [3.8, 4) is 0 Å². The van der Waals surface area contributed by atoms with Crippen molar-refractivity contribution in [2.45, 2.75) is 64.7 Å². The van der Waals surface area contributed by atoms with E-state index in [4.69, 9.17) is 13.3 Å². The lowest BCUT2D eigenvalue weighted by molar-refractivity contribution is 0.197. The van der Waals surface area contributed by atoms with Gasteiger partial charge in [0.25, 0.3) is 0 Å². The molecule has 0 unspecified atom stereocenters. The number of allylic oxidation sites excluding steroid dienone is 1. The molecule has 0 aliphatic heterocycles. The molecule has 0 aromatic heterocycles. The van der Waals surface area contributed by atoms with E-state index in [9.17, 15) is 4.79 Å². The van der Waals surface area contributed by atoms with Crippen molar-refractivity contribution in [3.05, 3.63) is 12.3 Å². The number of carboxylic acid groups (broad SMARTS) is 1. The molecule has 1 amide bonds. The summed E-state index contributed by atoms with van der Waals surface area (Å²) in [6, 6.07) is 0.863. The summed E-state index contributed by atoms with van der Waals surface area (Å²) in [6.07, 6.45) is 0.396. The van der Waals surface area contributed by atoms with Crippen LogP contribution in [0.15, 0.2) is 12.3 Å². The molecule has 0 saturated heterocycles. The van der Waals surface area contributed by atoms with Gasteiger partial charge in [-0.15, -0.1) is 0 Å². The molecule has 0 rings (SSSR count). The third-order valence-electron chi connectivity index (χ3n) is 2.44. The van der Waals surface area contributed by atoms with Gasteiger partial charge in [-0.05, 0) is 64.7 Å². The Morgan fingerprint density at radius 3 is 1.81 bits per heavy atom. The van der Waals surface area contributed by atoms with E-state index < -0.39 is 31.3 Å². The van der Waals surface area contributed by atoms with E-state index in [0.29, 0.717) is 12.1 Å². The molecule has 0 radical (unpaired) electrons. The molecule has 124 valence electrons. The van der Waals surface area contributed by atoms with Gasteiger partial charge >= 0.3 is 14.7 Å². The zero-order valence-electron chi connectivity index (χ0n) is 14.5. The van der Waals surface area contributed by atoms with Crippen LogP contribution in [-0.4, -0.2) is 36.4 Å². The van der Waals surface area contributed by atoms with Gasteiger partial charge in [-0.1, -0.05) is 6.58 Å². The van der Waals surface area contributed by atoms with Crippen molar-refractivity contribution in [2.75, 3.05) is 0 Å². The van der Waals surface area contributed by atoms with Crippen molar-refractivity contribution in [1.29, 1.82) is 0 Å². The largest absolute Gasteiger partial charge is 0.465 e. The molecular formula is C13H31NO4Si3. The number of rotatable bonds is 9. The highest BCUT2D eigenvalue weighted by atomic mass is 28.5. The Bertz CT molecular complexity index is 359. The first-order valence-corrected chi connectivity index (χ1v) is 16.6. The summed E-state index contributed by atoms with van der Waals surface area (Å²) < 4.78 is 12.8. The summed E-state index contributed by atoms with van der Waals surface area (Å²) in [7, 11) is -5.56. The highest BCUT2D eigenvalue weighted by molar-refractivity contribution is 6.87. The molecule has 0 atom stereocenters. The topological polar surface area (TPSA) is 67.8 Å². The van der Waals surface area contributed by atoms with Gasteiger partial charge in [-0.2, -0.15) is 0 Å². The minimum absolute atomic E-state index is 0.528. The molecule has 0 fully saturated rings. The second kappa shape index (κ2) is 7.73. The van der Waals surface area contributed by atoms with Crippen molar-refractivity contribution < 1.29 is 18.1 Å². The molecule has 0 aliphatic carbocycles. The fourth-order valence-electron chi connectivity index (χ4n) is 2.25. The van der Waals surface area contributed by atoms with Gasteiger partial charge in [0.15, 0.2) is 16.6 Å². The fourth-order valence-corrected chi connectivity index (χ4v) is 14.8. The molecule has 0 heterocycles. The van der Waals surface area contributed by atoms with Gasteiger partial charge in [0.2, 0.25) is 0 Å². The molecule has 21 heavy (non-hydrogen) atoms. The van der Waals surface area contributed by atoms with Crippen LogP contribution in [0.5, 0.6) is 0 Å². The van der Waals surface area contributed by atoms with Crippen LogP contribution < -0.4 is 5.32 Å². The minimum atomic E-state index is -2.22. The summed E-state index contributed by atoms with van der Waals surface area (Å²) in [6.45, 7) is 18.9. The van der Waals surface area contributed by atoms with Gasteiger partial charge in [-0.3, -0.25) is 5.32 Å². The van der Waals surface area contributed by atoms with Crippen LogP contribution >= 0.6 is 0 Å². The van der Waals surface area contributed by atoms with Crippen molar-refractivity contribution in [3.63, 3.8) is 0 Å². The number of amides is 1. The van der Waals surface area contributed by atoms with Crippen LogP contribution in [0.3, 0.4) is 0 Å². The predicted molar refractivity (Wildman–Crippen MR) is 94.8 cm³/mol. The first-order valence-electron chi connectivity index (χ1n) is 7.30. The highest BCUT2D eigenvalue weighted by Gasteiger charge is 2.39. The van der Waals surface area contributed by atoms with Crippen molar-refractivity contribution in [2.24, 2.45) is 0 Å². The molecular weight excluding hydrogens is 318 g/mol. The average molecular weight is 350 g/mol. The Hall–Kier alpha value is -0.419. The standard InChI is InChI=1S/C13H31NO4Si3/c1-12(14-13(15)16)10-9-11-21(8,17-19(2,3)4)18-20(5,6)7/h14H,1,9-11H2,2-8H3,(H,15,16). The maximum Gasteiger partial charge on any atom is 0.408 e. The maximum atomic E-state index is 10.5. The Kier molecular flexibility index (Phi) is 7.57. The SMILES string of the molecule is C=C(CCC[Si](C)(O[Si](C)(C)C)O[Si](C)(C)C)NC(=O)O. The highest BCUT2D eigenvalue weighted by Crippen LogP contribution is 2.26. The van der Waals surface area contributed by atoms with E-state index in [-0.39, 0.29) is 0 Å². The van der Waals surface area contributed by atoms with Crippen LogP contribution in [0.25, 0.3) is 0 Å². The molecule has 0 spiro atoms. The molecule has 0 saturated carbocycles. The monoisotopic (exact) mass is 349 g/mol. The Balaban J connectivity index is 4.62. The van der Waals surface area contributed by atoms with Crippen LogP contribution in [-0.2, 0) is 8.23 Å². The number of nitrogens with one attached hydrogen (secondary N) is 1. The summed E-state index contributed by atoms with van der Waals surface area (Å²) in [5, 5.41) is 10.9. The average Bonchev–Trinajstić information content (AvgIpc) is 2.08. The summed E-state index contributed by atoms with van der Waals surface area (Å²) in [5.41, 5.74) is 0.528. The van der Waals surface area contributed by atoms with E-state index >= 15 is 0 Å². The lowest BCUT2D eigenvalue weighted by Crippen LogP contribution is -2.52. The Morgan fingerprint density at radius 2 is 1.48 bits per heavy atom. The molecule has 8 heteroatoms. The van der Waals surface area contributed by atoms with Gasteiger partial charge in [0, 0.05) is 5.70 Å². The van der Waals surface area contributed by atoms with E-state index in [1.165, 1.54) is 0 Å². The lowest BCUT2D eigenvalue weighted by atomic mass is 10.3. The predicted octanol–water partition coefficient (Wildman–Crippen LogP) is 4.32. The first-order chi connectivity index (χ1) is 9.22. The summed E-state index contributed by atoms with van der Waals surface area (Å²) in [4.78, 5) is 10.5. The molecule has 5 nitrogen and oxygen atoms in total. The number of hydrogen-bond acceptors (Lipinski definition) is 3. The smallest absolute Gasteiger partial charge is 0.408 e. The Morgan fingerprint density at radius 1 is 1.05 bits per heavy atom. The van der Waals surface area contributed by atoms with Crippen LogP contribution in [0.2, 0.25) is 51.9 Å². The van der Waals surface area contributed by atoms with E-state index in [1.54, 1.807) is 0 Å². The Labute approximate surface area is 132 Å². The maximum absolute atomic E-state index is 10.5. The quantitative estimate of drug-likeness (QED) is 0.608. The van der Waals surface area contributed by atoms with Gasteiger partial charge in [0.1, 0.15) is 0 Å². The molecule has 0 aromatic rings.